The van der Waals surface area contributed by atoms with Gasteiger partial charge in [0.25, 0.3) is 5.91 Å². The third-order valence-corrected chi connectivity index (χ3v) is 3.42. The Balaban J connectivity index is 2.17. The smallest absolute Gasteiger partial charge is 0.387 e. The van der Waals surface area contributed by atoms with E-state index in [9.17, 15) is 22.4 Å². The summed E-state index contributed by atoms with van der Waals surface area (Å²) in [5.74, 6) is -2.36. The number of hydrogen-bond acceptors (Lipinski definition) is 3. The van der Waals surface area contributed by atoms with E-state index in [1.165, 1.54) is 38.3 Å². The van der Waals surface area contributed by atoms with E-state index < -0.39 is 30.2 Å². The molecule has 0 aliphatic rings. The summed E-state index contributed by atoms with van der Waals surface area (Å²) in [7, 11) is 1.24. The van der Waals surface area contributed by atoms with Gasteiger partial charge in [0.15, 0.2) is 11.5 Å². The maximum atomic E-state index is 13.7. The van der Waals surface area contributed by atoms with Crippen LogP contribution in [0, 0.1) is 11.6 Å². The molecular formula is C17H15F4NO3. The van der Waals surface area contributed by atoms with Crippen LogP contribution in [0.25, 0.3) is 0 Å². The Kier molecular flexibility index (Phi) is 5.84. The van der Waals surface area contributed by atoms with Crippen LogP contribution in [0.5, 0.6) is 11.5 Å². The molecule has 0 aliphatic carbocycles. The summed E-state index contributed by atoms with van der Waals surface area (Å²) in [4.78, 5) is 12.3. The van der Waals surface area contributed by atoms with E-state index in [4.69, 9.17) is 4.74 Å². The van der Waals surface area contributed by atoms with Crippen LogP contribution in [-0.2, 0) is 0 Å². The second kappa shape index (κ2) is 7.87. The van der Waals surface area contributed by atoms with Crippen molar-refractivity contribution in [1.82, 2.24) is 5.32 Å². The molecule has 0 saturated heterocycles. The highest BCUT2D eigenvalue weighted by Gasteiger charge is 2.18. The van der Waals surface area contributed by atoms with Crippen molar-refractivity contribution in [1.29, 1.82) is 0 Å². The summed E-state index contributed by atoms with van der Waals surface area (Å²) in [5.41, 5.74) is 0.215. The van der Waals surface area contributed by atoms with Crippen LogP contribution in [0.15, 0.2) is 36.4 Å². The van der Waals surface area contributed by atoms with Gasteiger partial charge < -0.3 is 14.8 Å². The molecule has 1 amide bonds. The molecule has 1 N–H and O–H groups in total. The number of carbonyl (C=O) groups is 1. The molecule has 2 rings (SSSR count). The third-order valence-electron chi connectivity index (χ3n) is 3.42. The fourth-order valence-corrected chi connectivity index (χ4v) is 2.21. The summed E-state index contributed by atoms with van der Waals surface area (Å²) < 4.78 is 60.5. The molecule has 8 heteroatoms. The number of halogens is 4. The third kappa shape index (κ3) is 4.62. The molecule has 0 bridgehead atoms. The average Bonchev–Trinajstić information content (AvgIpc) is 2.54. The first-order chi connectivity index (χ1) is 11.8. The van der Waals surface area contributed by atoms with Gasteiger partial charge in [-0.25, -0.2) is 8.78 Å². The van der Waals surface area contributed by atoms with Crippen LogP contribution in [0.3, 0.4) is 0 Å². The Morgan fingerprint density at radius 1 is 1.08 bits per heavy atom. The van der Waals surface area contributed by atoms with E-state index in [0.717, 1.165) is 12.1 Å². The van der Waals surface area contributed by atoms with Crippen molar-refractivity contribution < 1.29 is 31.8 Å². The molecule has 0 unspecified atom stereocenters. The molecule has 1 atom stereocenters. The first-order valence-electron chi connectivity index (χ1n) is 7.20. The van der Waals surface area contributed by atoms with Crippen molar-refractivity contribution in [3.8, 4) is 11.5 Å². The van der Waals surface area contributed by atoms with Gasteiger partial charge in [-0.3, -0.25) is 4.79 Å². The summed E-state index contributed by atoms with van der Waals surface area (Å²) in [5, 5.41) is 2.54. The first kappa shape index (κ1) is 18.6. The largest absolute Gasteiger partial charge is 0.493 e. The molecule has 0 heterocycles. The second-order valence-electron chi connectivity index (χ2n) is 5.11. The summed E-state index contributed by atoms with van der Waals surface area (Å²) in [6.07, 6.45) is 0. The predicted octanol–water partition coefficient (Wildman–Crippen LogP) is 4.07. The topological polar surface area (TPSA) is 47.6 Å². The molecule has 0 aromatic heterocycles. The van der Waals surface area contributed by atoms with Crippen molar-refractivity contribution in [2.75, 3.05) is 7.11 Å². The fourth-order valence-electron chi connectivity index (χ4n) is 2.21. The van der Waals surface area contributed by atoms with Gasteiger partial charge in [0.2, 0.25) is 0 Å². The summed E-state index contributed by atoms with van der Waals surface area (Å²) >= 11 is 0. The Hall–Kier alpha value is -2.77. The first-order valence-corrected chi connectivity index (χ1v) is 7.20. The Labute approximate surface area is 141 Å². The Morgan fingerprint density at radius 3 is 2.40 bits per heavy atom. The number of ether oxygens (including phenoxy) is 2. The maximum Gasteiger partial charge on any atom is 0.387 e. The molecule has 25 heavy (non-hydrogen) atoms. The van der Waals surface area contributed by atoms with Crippen LogP contribution in [0.1, 0.15) is 28.9 Å². The van der Waals surface area contributed by atoms with E-state index in [1.54, 1.807) is 0 Å². The zero-order valence-corrected chi connectivity index (χ0v) is 13.4. The standard InChI is InChI=1S/C17H15F4NO3/c1-9(12-5-4-11(18)8-13(12)19)22-16(23)10-3-6-14(25-17(20)21)15(7-10)24-2/h3-9,17H,1-2H3,(H,22,23)/t9-/m0/s1. The molecule has 4 nitrogen and oxygen atoms in total. The molecule has 134 valence electrons. The van der Waals surface area contributed by atoms with E-state index in [0.29, 0.717) is 0 Å². The number of methoxy groups -OCH3 is 1. The monoisotopic (exact) mass is 357 g/mol. The van der Waals surface area contributed by atoms with Crippen LogP contribution in [0.2, 0.25) is 0 Å². The van der Waals surface area contributed by atoms with Crippen molar-refractivity contribution in [2.24, 2.45) is 0 Å². The number of amides is 1. The van der Waals surface area contributed by atoms with Crippen LogP contribution in [-0.4, -0.2) is 19.6 Å². The lowest BCUT2D eigenvalue weighted by atomic mass is 10.1. The molecule has 0 radical (unpaired) electrons. The Morgan fingerprint density at radius 2 is 1.80 bits per heavy atom. The van der Waals surface area contributed by atoms with Crippen LogP contribution >= 0.6 is 0 Å². The summed E-state index contributed by atoms with van der Waals surface area (Å²) in [6.45, 7) is -1.50. The van der Waals surface area contributed by atoms with Gasteiger partial charge in [-0.15, -0.1) is 0 Å². The van der Waals surface area contributed by atoms with Gasteiger partial charge in [-0.1, -0.05) is 6.07 Å². The molecule has 0 saturated carbocycles. The highest BCUT2D eigenvalue weighted by atomic mass is 19.3. The van der Waals surface area contributed by atoms with Gasteiger partial charge in [0.1, 0.15) is 11.6 Å². The number of nitrogens with one attached hydrogen (secondary N) is 1. The summed E-state index contributed by atoms with van der Waals surface area (Å²) in [6, 6.07) is 5.96. The number of benzene rings is 2. The molecule has 2 aromatic rings. The Bertz CT molecular complexity index is 768. The van der Waals surface area contributed by atoms with Gasteiger partial charge in [-0.05, 0) is 31.2 Å². The predicted molar refractivity (Wildman–Crippen MR) is 81.9 cm³/mol. The van der Waals surface area contributed by atoms with Crippen molar-refractivity contribution in [3.63, 3.8) is 0 Å². The fraction of sp³-hybridized carbons (Fsp3) is 0.235. The van der Waals surface area contributed by atoms with Crippen LogP contribution < -0.4 is 14.8 Å². The zero-order chi connectivity index (χ0) is 18.6. The lowest BCUT2D eigenvalue weighted by Gasteiger charge is -2.16. The highest BCUT2D eigenvalue weighted by molar-refractivity contribution is 5.95. The SMILES string of the molecule is COc1cc(C(=O)N[C@@H](C)c2ccc(F)cc2F)ccc1OC(F)F. The highest BCUT2D eigenvalue weighted by Crippen LogP contribution is 2.29. The lowest BCUT2D eigenvalue weighted by Crippen LogP contribution is -2.27. The minimum Gasteiger partial charge on any atom is -0.493 e. The average molecular weight is 357 g/mol. The van der Waals surface area contributed by atoms with Gasteiger partial charge in [-0.2, -0.15) is 8.78 Å². The molecular weight excluding hydrogens is 342 g/mol. The second-order valence-corrected chi connectivity index (χ2v) is 5.11. The van der Waals surface area contributed by atoms with Crippen molar-refractivity contribution in [3.05, 3.63) is 59.2 Å². The number of hydrogen-bond donors (Lipinski definition) is 1. The van der Waals surface area contributed by atoms with Crippen molar-refractivity contribution >= 4 is 5.91 Å². The molecule has 0 aliphatic heterocycles. The van der Waals surface area contributed by atoms with E-state index in [-0.39, 0.29) is 22.6 Å². The zero-order valence-electron chi connectivity index (χ0n) is 13.4. The van der Waals surface area contributed by atoms with E-state index in [2.05, 4.69) is 10.1 Å². The lowest BCUT2D eigenvalue weighted by molar-refractivity contribution is -0.0512. The number of rotatable bonds is 6. The molecule has 0 spiro atoms. The number of alkyl halides is 2. The normalized spacial score (nSPS) is 12.0. The quantitative estimate of drug-likeness (QED) is 0.793. The van der Waals surface area contributed by atoms with Gasteiger partial charge in [0, 0.05) is 17.2 Å². The molecule has 2 aromatic carbocycles. The van der Waals surface area contributed by atoms with Crippen molar-refractivity contribution in [2.45, 2.75) is 19.6 Å². The minimum absolute atomic E-state index is 0.0476. The molecule has 0 fully saturated rings. The maximum absolute atomic E-state index is 13.7. The van der Waals surface area contributed by atoms with Crippen LogP contribution in [0.4, 0.5) is 17.6 Å². The van der Waals surface area contributed by atoms with Gasteiger partial charge >= 0.3 is 6.61 Å². The van der Waals surface area contributed by atoms with E-state index in [1.807, 2.05) is 0 Å². The minimum atomic E-state index is -3.03. The number of carbonyl (C=O) groups excluding carboxylic acids is 1. The van der Waals surface area contributed by atoms with E-state index >= 15 is 0 Å². The van der Waals surface area contributed by atoms with Gasteiger partial charge in [0.05, 0.1) is 13.2 Å².